The van der Waals surface area contributed by atoms with E-state index in [0.29, 0.717) is 6.54 Å². The average molecular weight is 362 g/mol. The molecule has 2 heterocycles. The van der Waals surface area contributed by atoms with Gasteiger partial charge in [-0.25, -0.2) is 4.68 Å². The number of carbonyl (C=O) groups is 1. The smallest absolute Gasteiger partial charge is 0.244 e. The fourth-order valence-corrected chi connectivity index (χ4v) is 2.80. The number of benzene rings is 1. The van der Waals surface area contributed by atoms with Gasteiger partial charge in [-0.3, -0.25) is 9.78 Å². The molecule has 0 bridgehead atoms. The third kappa shape index (κ3) is 4.41. The van der Waals surface area contributed by atoms with Crippen LogP contribution in [0, 0.1) is 13.8 Å². The van der Waals surface area contributed by atoms with E-state index in [1.54, 1.807) is 30.3 Å². The van der Waals surface area contributed by atoms with E-state index in [1.165, 1.54) is 6.08 Å². The number of hydrogen-bond acceptors (Lipinski definition) is 4. The Morgan fingerprint density at radius 3 is 2.74 bits per heavy atom. The second-order valence-electron chi connectivity index (χ2n) is 6.15. The van der Waals surface area contributed by atoms with Crippen molar-refractivity contribution in [1.82, 2.24) is 20.1 Å². The van der Waals surface area contributed by atoms with E-state index in [2.05, 4.69) is 15.4 Å². The first kappa shape index (κ1) is 18.4. The van der Waals surface area contributed by atoms with Gasteiger partial charge in [0.15, 0.2) is 0 Å². The van der Waals surface area contributed by atoms with Crippen molar-refractivity contribution in [2.45, 2.75) is 20.4 Å². The van der Waals surface area contributed by atoms with Crippen molar-refractivity contribution in [2.75, 3.05) is 7.11 Å². The van der Waals surface area contributed by atoms with Crippen LogP contribution in [0.4, 0.5) is 0 Å². The van der Waals surface area contributed by atoms with Crippen LogP contribution in [0.2, 0.25) is 0 Å². The van der Waals surface area contributed by atoms with Crippen molar-refractivity contribution in [2.24, 2.45) is 0 Å². The highest BCUT2D eigenvalue weighted by atomic mass is 16.5. The molecule has 0 aliphatic heterocycles. The molecule has 0 saturated heterocycles. The largest absolute Gasteiger partial charge is 0.496 e. The fourth-order valence-electron chi connectivity index (χ4n) is 2.80. The zero-order valence-corrected chi connectivity index (χ0v) is 15.6. The zero-order valence-electron chi connectivity index (χ0n) is 15.6. The quantitative estimate of drug-likeness (QED) is 0.684. The lowest BCUT2D eigenvalue weighted by Crippen LogP contribution is -2.21. The molecule has 0 atom stereocenters. The Labute approximate surface area is 158 Å². The Morgan fingerprint density at radius 1 is 1.22 bits per heavy atom. The molecule has 1 aromatic carbocycles. The van der Waals surface area contributed by atoms with Crippen LogP contribution in [-0.4, -0.2) is 27.8 Å². The van der Waals surface area contributed by atoms with Gasteiger partial charge in [0, 0.05) is 35.2 Å². The summed E-state index contributed by atoms with van der Waals surface area (Å²) >= 11 is 0. The summed E-state index contributed by atoms with van der Waals surface area (Å²) in [7, 11) is 1.63. The second-order valence-corrected chi connectivity index (χ2v) is 6.15. The molecule has 0 aliphatic rings. The number of rotatable bonds is 6. The lowest BCUT2D eigenvalue weighted by atomic mass is 10.1. The van der Waals surface area contributed by atoms with Crippen molar-refractivity contribution in [3.63, 3.8) is 0 Å². The number of carbonyl (C=O) groups excluding carboxylic acids is 1. The summed E-state index contributed by atoms with van der Waals surface area (Å²) in [5.74, 6) is 0.612. The first-order valence-corrected chi connectivity index (χ1v) is 8.63. The molecular weight excluding hydrogens is 340 g/mol. The molecule has 6 nitrogen and oxygen atoms in total. The molecule has 0 spiro atoms. The minimum absolute atomic E-state index is 0.191. The minimum Gasteiger partial charge on any atom is -0.496 e. The second kappa shape index (κ2) is 8.31. The van der Waals surface area contributed by atoms with Crippen molar-refractivity contribution >= 4 is 12.0 Å². The zero-order chi connectivity index (χ0) is 19.2. The normalized spacial score (nSPS) is 10.9. The van der Waals surface area contributed by atoms with Gasteiger partial charge < -0.3 is 10.1 Å². The van der Waals surface area contributed by atoms with Crippen molar-refractivity contribution in [3.8, 4) is 11.4 Å². The van der Waals surface area contributed by atoms with Crippen LogP contribution in [0.5, 0.6) is 5.75 Å². The standard InChI is InChI=1S/C21H22N4O2/c1-15-11-22-19(16(2)21(15)27-3)13-23-20(26)10-9-17-12-24-25(14-17)18-7-5-4-6-8-18/h4-12,14H,13H2,1-3H3,(H,23,26)/b10-9+. The number of hydrogen-bond donors (Lipinski definition) is 1. The van der Waals surface area contributed by atoms with E-state index in [-0.39, 0.29) is 5.91 Å². The Hall–Kier alpha value is -3.41. The van der Waals surface area contributed by atoms with E-state index in [0.717, 1.165) is 33.8 Å². The summed E-state index contributed by atoms with van der Waals surface area (Å²) in [5, 5.41) is 7.15. The third-order valence-electron chi connectivity index (χ3n) is 4.23. The third-order valence-corrected chi connectivity index (χ3v) is 4.23. The van der Waals surface area contributed by atoms with Crippen molar-refractivity contribution < 1.29 is 9.53 Å². The highest BCUT2D eigenvalue weighted by molar-refractivity contribution is 5.91. The molecule has 1 amide bonds. The van der Waals surface area contributed by atoms with E-state index in [9.17, 15) is 4.79 Å². The van der Waals surface area contributed by atoms with Gasteiger partial charge in [-0.05, 0) is 32.1 Å². The van der Waals surface area contributed by atoms with Gasteiger partial charge in [0.25, 0.3) is 0 Å². The lowest BCUT2D eigenvalue weighted by Gasteiger charge is -2.12. The van der Waals surface area contributed by atoms with Gasteiger partial charge in [-0.2, -0.15) is 5.10 Å². The summed E-state index contributed by atoms with van der Waals surface area (Å²) < 4.78 is 7.16. The number of para-hydroxylation sites is 1. The SMILES string of the molecule is COc1c(C)cnc(CNC(=O)/C=C/c2cnn(-c3ccccc3)c2)c1C. The fraction of sp³-hybridized carbons (Fsp3) is 0.190. The molecule has 2 aromatic heterocycles. The average Bonchev–Trinajstić information content (AvgIpc) is 3.16. The minimum atomic E-state index is -0.191. The van der Waals surface area contributed by atoms with E-state index in [1.807, 2.05) is 50.4 Å². The molecule has 3 aromatic rings. The molecule has 0 unspecified atom stereocenters. The predicted octanol–water partition coefficient (Wildman–Crippen LogP) is 3.22. The first-order valence-electron chi connectivity index (χ1n) is 8.63. The lowest BCUT2D eigenvalue weighted by molar-refractivity contribution is -0.116. The van der Waals surface area contributed by atoms with Crippen molar-refractivity contribution in [1.29, 1.82) is 0 Å². The summed E-state index contributed by atoms with van der Waals surface area (Å²) in [4.78, 5) is 16.5. The number of ether oxygens (including phenoxy) is 1. The van der Waals surface area contributed by atoms with Gasteiger partial charge in [0.05, 0.1) is 31.2 Å². The molecular formula is C21H22N4O2. The Kier molecular flexibility index (Phi) is 5.66. The van der Waals surface area contributed by atoms with Crippen LogP contribution in [0.1, 0.15) is 22.4 Å². The van der Waals surface area contributed by atoms with Gasteiger partial charge in [-0.15, -0.1) is 0 Å². The van der Waals surface area contributed by atoms with Crippen LogP contribution < -0.4 is 10.1 Å². The van der Waals surface area contributed by atoms with E-state index < -0.39 is 0 Å². The number of nitrogens with zero attached hydrogens (tertiary/aromatic N) is 3. The molecule has 3 rings (SSSR count). The highest BCUT2D eigenvalue weighted by Crippen LogP contribution is 2.23. The van der Waals surface area contributed by atoms with Crippen LogP contribution in [0.25, 0.3) is 11.8 Å². The molecule has 27 heavy (non-hydrogen) atoms. The van der Waals surface area contributed by atoms with Gasteiger partial charge in [-0.1, -0.05) is 18.2 Å². The van der Waals surface area contributed by atoms with Gasteiger partial charge >= 0.3 is 0 Å². The Bertz CT molecular complexity index is 962. The van der Waals surface area contributed by atoms with E-state index >= 15 is 0 Å². The Balaban J connectivity index is 1.61. The highest BCUT2D eigenvalue weighted by Gasteiger charge is 2.09. The number of pyridine rings is 1. The van der Waals surface area contributed by atoms with Gasteiger partial charge in [0.1, 0.15) is 5.75 Å². The summed E-state index contributed by atoms with van der Waals surface area (Å²) in [6, 6.07) is 9.81. The number of aromatic nitrogens is 3. The maximum Gasteiger partial charge on any atom is 0.244 e. The summed E-state index contributed by atoms with van der Waals surface area (Å²) in [5.41, 5.74) is 4.51. The number of methoxy groups -OCH3 is 1. The molecule has 0 saturated carbocycles. The molecule has 0 fully saturated rings. The topological polar surface area (TPSA) is 69.0 Å². The summed E-state index contributed by atoms with van der Waals surface area (Å²) in [6.07, 6.45) is 8.56. The van der Waals surface area contributed by atoms with Crippen molar-refractivity contribution in [3.05, 3.63) is 77.4 Å². The van der Waals surface area contributed by atoms with Crippen LogP contribution in [0.3, 0.4) is 0 Å². The van der Waals surface area contributed by atoms with Crippen LogP contribution in [-0.2, 0) is 11.3 Å². The number of amides is 1. The predicted molar refractivity (Wildman–Crippen MR) is 105 cm³/mol. The molecule has 138 valence electrons. The maximum atomic E-state index is 12.1. The number of aryl methyl sites for hydroxylation is 1. The van der Waals surface area contributed by atoms with Crippen LogP contribution >= 0.6 is 0 Å². The number of nitrogens with one attached hydrogen (secondary N) is 1. The monoisotopic (exact) mass is 362 g/mol. The van der Waals surface area contributed by atoms with Gasteiger partial charge in [0.2, 0.25) is 5.91 Å². The first-order chi connectivity index (χ1) is 13.1. The summed E-state index contributed by atoms with van der Waals surface area (Å²) in [6.45, 7) is 4.22. The molecule has 6 heteroatoms. The van der Waals surface area contributed by atoms with E-state index in [4.69, 9.17) is 4.74 Å². The molecule has 0 radical (unpaired) electrons. The molecule has 0 aliphatic carbocycles. The van der Waals surface area contributed by atoms with Crippen LogP contribution in [0.15, 0.2) is 55.0 Å². The Morgan fingerprint density at radius 2 is 2.00 bits per heavy atom. The molecule has 1 N–H and O–H groups in total. The maximum absolute atomic E-state index is 12.1.